The van der Waals surface area contributed by atoms with Gasteiger partial charge >= 0.3 is 11.9 Å². The first-order valence-electron chi connectivity index (χ1n) is 31.2. The molecule has 0 fully saturated rings. The number of hydrogen-bond donors (Lipinski definition) is 1. The van der Waals surface area contributed by atoms with Crippen molar-refractivity contribution < 1.29 is 24.2 Å². The first kappa shape index (κ1) is 67.9. The molecule has 0 aromatic heterocycles. The lowest BCUT2D eigenvalue weighted by Crippen LogP contribution is -2.28. The number of aliphatic hydroxyl groups is 1. The van der Waals surface area contributed by atoms with Crippen molar-refractivity contribution in [3.63, 3.8) is 0 Å². The Kier molecular flexibility index (Phi) is 59.3. The third kappa shape index (κ3) is 58.4. The number of carbonyl (C=O) groups excluding carboxylic acids is 2. The van der Waals surface area contributed by atoms with Gasteiger partial charge in [-0.25, -0.2) is 0 Å². The van der Waals surface area contributed by atoms with E-state index in [0.717, 1.165) is 57.8 Å². The number of rotatable bonds is 58. The molecule has 0 aliphatic rings. The van der Waals surface area contributed by atoms with E-state index in [0.29, 0.717) is 12.8 Å². The molecule has 1 N–H and O–H groups in total. The molecule has 0 aromatic carbocycles. The van der Waals surface area contributed by atoms with Crippen LogP contribution in [-0.4, -0.2) is 36.4 Å². The molecule has 0 heterocycles. The Morgan fingerprint density at radius 3 is 0.871 bits per heavy atom. The molecule has 1 unspecified atom stereocenters. The number of hydrogen-bond acceptors (Lipinski definition) is 5. The van der Waals surface area contributed by atoms with Crippen molar-refractivity contribution in [3.05, 3.63) is 48.6 Å². The highest BCUT2D eigenvalue weighted by atomic mass is 16.6. The predicted octanol–water partition coefficient (Wildman–Crippen LogP) is 21.2. The number of allylic oxidation sites excluding steroid dienone is 8. The van der Waals surface area contributed by atoms with E-state index >= 15 is 0 Å². The van der Waals surface area contributed by atoms with Gasteiger partial charge in [-0.15, -0.1) is 0 Å². The summed E-state index contributed by atoms with van der Waals surface area (Å²) in [4.78, 5) is 24.5. The number of esters is 2. The molecule has 0 saturated carbocycles. The summed E-state index contributed by atoms with van der Waals surface area (Å²) in [7, 11) is 0. The van der Waals surface area contributed by atoms with Crippen LogP contribution in [0.2, 0.25) is 0 Å². The zero-order valence-electron chi connectivity index (χ0n) is 47.0. The Hall–Kier alpha value is -2.14. The third-order valence-electron chi connectivity index (χ3n) is 14.1. The van der Waals surface area contributed by atoms with Crippen LogP contribution in [0.3, 0.4) is 0 Å². The highest BCUT2D eigenvalue weighted by Crippen LogP contribution is 2.18. The minimum atomic E-state index is -0.773. The number of aliphatic hydroxyl groups excluding tert-OH is 1. The minimum absolute atomic E-state index is 0.0659. The average molecular weight is 982 g/mol. The molecule has 70 heavy (non-hydrogen) atoms. The van der Waals surface area contributed by atoms with Crippen LogP contribution >= 0.6 is 0 Å². The highest BCUT2D eigenvalue weighted by molar-refractivity contribution is 5.70. The van der Waals surface area contributed by atoms with Gasteiger partial charge in [0.15, 0.2) is 6.10 Å². The fourth-order valence-corrected chi connectivity index (χ4v) is 9.38. The lowest BCUT2D eigenvalue weighted by atomic mass is 10.0. The third-order valence-corrected chi connectivity index (χ3v) is 14.1. The topological polar surface area (TPSA) is 72.8 Å². The summed E-state index contributed by atoms with van der Waals surface area (Å²) in [6, 6.07) is 0. The Morgan fingerprint density at radius 1 is 0.329 bits per heavy atom. The summed E-state index contributed by atoms with van der Waals surface area (Å²) in [5, 5.41) is 9.64. The quantitative estimate of drug-likeness (QED) is 0.0373. The van der Waals surface area contributed by atoms with Gasteiger partial charge in [0.25, 0.3) is 0 Å². The van der Waals surface area contributed by atoms with E-state index in [1.807, 2.05) is 0 Å². The lowest BCUT2D eigenvalue weighted by Gasteiger charge is -2.15. The van der Waals surface area contributed by atoms with E-state index in [4.69, 9.17) is 9.47 Å². The maximum atomic E-state index is 12.3. The van der Waals surface area contributed by atoms with Gasteiger partial charge in [-0.3, -0.25) is 9.59 Å². The van der Waals surface area contributed by atoms with Gasteiger partial charge in [0.05, 0.1) is 6.61 Å². The zero-order chi connectivity index (χ0) is 50.6. The fourth-order valence-electron chi connectivity index (χ4n) is 9.38. The standard InChI is InChI=1S/C65H120O5/c1-3-5-7-9-11-13-15-17-19-20-21-22-23-24-25-26-27-28-29-30-31-32-33-34-35-36-37-38-39-40-41-42-43-44-46-48-50-52-54-56-58-60-65(68)70-63(61-66)62-69-64(67)59-57-55-53-51-49-47-45-18-16-14-12-10-8-6-4-2/h15,17-18,20-21,23-24,45,63,66H,3-14,16,19,22,25-44,46-62H2,1-2H3/b17-15-,21-20-,24-23-,45-18-. The lowest BCUT2D eigenvalue weighted by molar-refractivity contribution is -0.161. The number of unbranched alkanes of at least 4 members (excludes halogenated alkanes) is 42. The molecule has 5 nitrogen and oxygen atoms in total. The summed E-state index contributed by atoms with van der Waals surface area (Å²) >= 11 is 0. The van der Waals surface area contributed by atoms with E-state index < -0.39 is 6.10 Å². The SMILES string of the molecule is CCCCCCC/C=C\C/C=C\C/C=C\CCCCCCCCCCCCCCCCCCCCCCCCCCCCC(=O)OC(CO)COC(=O)CCCCCCC/C=C\CCCCCCCC. The van der Waals surface area contributed by atoms with Crippen molar-refractivity contribution in [2.75, 3.05) is 13.2 Å². The maximum absolute atomic E-state index is 12.3. The van der Waals surface area contributed by atoms with Crippen molar-refractivity contribution in [1.82, 2.24) is 0 Å². The molecule has 5 heteroatoms. The van der Waals surface area contributed by atoms with Crippen LogP contribution in [0.5, 0.6) is 0 Å². The largest absolute Gasteiger partial charge is 0.462 e. The summed E-state index contributed by atoms with van der Waals surface area (Å²) in [6.07, 6.45) is 81.3. The Morgan fingerprint density at radius 2 is 0.571 bits per heavy atom. The summed E-state index contributed by atoms with van der Waals surface area (Å²) in [6.45, 7) is 4.15. The fraction of sp³-hybridized carbons (Fsp3) is 0.846. The minimum Gasteiger partial charge on any atom is -0.462 e. The van der Waals surface area contributed by atoms with Crippen LogP contribution in [0.25, 0.3) is 0 Å². The molecule has 410 valence electrons. The van der Waals surface area contributed by atoms with Crippen LogP contribution in [-0.2, 0) is 19.1 Å². The Balaban J connectivity index is 3.37. The van der Waals surface area contributed by atoms with Crippen LogP contribution in [0.4, 0.5) is 0 Å². The summed E-state index contributed by atoms with van der Waals surface area (Å²) in [5.41, 5.74) is 0. The van der Waals surface area contributed by atoms with Crippen molar-refractivity contribution in [2.45, 2.75) is 341 Å². The van der Waals surface area contributed by atoms with Gasteiger partial charge in [0.1, 0.15) is 6.61 Å². The van der Waals surface area contributed by atoms with Gasteiger partial charge < -0.3 is 14.6 Å². The van der Waals surface area contributed by atoms with Crippen LogP contribution in [0.15, 0.2) is 48.6 Å². The Labute approximate surface area is 437 Å². The van der Waals surface area contributed by atoms with E-state index in [-0.39, 0.29) is 25.2 Å². The molecule has 0 aromatic rings. The van der Waals surface area contributed by atoms with Gasteiger partial charge in [0, 0.05) is 12.8 Å². The summed E-state index contributed by atoms with van der Waals surface area (Å²) < 4.78 is 10.7. The van der Waals surface area contributed by atoms with Crippen LogP contribution in [0, 0.1) is 0 Å². The molecule has 0 bridgehead atoms. The normalized spacial score (nSPS) is 12.4. The van der Waals surface area contributed by atoms with Gasteiger partial charge in [0.2, 0.25) is 0 Å². The van der Waals surface area contributed by atoms with E-state index in [1.165, 1.54) is 250 Å². The second kappa shape index (κ2) is 61.2. The first-order chi connectivity index (χ1) is 34.6. The molecular formula is C65H120O5. The second-order valence-electron chi connectivity index (χ2n) is 21.1. The van der Waals surface area contributed by atoms with Gasteiger partial charge in [-0.05, 0) is 77.0 Å². The smallest absolute Gasteiger partial charge is 0.306 e. The molecular weight excluding hydrogens is 861 g/mol. The number of ether oxygens (including phenoxy) is 2. The maximum Gasteiger partial charge on any atom is 0.306 e. The predicted molar refractivity (Wildman–Crippen MR) is 307 cm³/mol. The molecule has 0 radical (unpaired) electrons. The zero-order valence-corrected chi connectivity index (χ0v) is 47.0. The summed E-state index contributed by atoms with van der Waals surface area (Å²) in [5.74, 6) is -0.585. The van der Waals surface area contributed by atoms with Crippen LogP contribution < -0.4 is 0 Å². The molecule has 0 spiro atoms. The van der Waals surface area contributed by atoms with Crippen molar-refractivity contribution in [1.29, 1.82) is 0 Å². The highest BCUT2D eigenvalue weighted by Gasteiger charge is 2.16. The first-order valence-corrected chi connectivity index (χ1v) is 31.2. The van der Waals surface area contributed by atoms with Crippen LogP contribution in [0.1, 0.15) is 335 Å². The molecule has 0 amide bonds. The monoisotopic (exact) mass is 981 g/mol. The molecule has 0 rings (SSSR count). The van der Waals surface area contributed by atoms with E-state index in [9.17, 15) is 14.7 Å². The van der Waals surface area contributed by atoms with Crippen molar-refractivity contribution in [3.8, 4) is 0 Å². The van der Waals surface area contributed by atoms with Crippen molar-refractivity contribution >= 4 is 11.9 Å². The van der Waals surface area contributed by atoms with E-state index in [2.05, 4.69) is 62.5 Å². The molecule has 0 saturated heterocycles. The van der Waals surface area contributed by atoms with Gasteiger partial charge in [-0.2, -0.15) is 0 Å². The molecule has 1 atom stereocenters. The molecule has 0 aliphatic carbocycles. The van der Waals surface area contributed by atoms with E-state index in [1.54, 1.807) is 0 Å². The number of carbonyl (C=O) groups is 2. The van der Waals surface area contributed by atoms with Crippen molar-refractivity contribution in [2.24, 2.45) is 0 Å². The van der Waals surface area contributed by atoms with Gasteiger partial charge in [-0.1, -0.05) is 294 Å². The molecule has 0 aliphatic heterocycles. The Bertz CT molecular complexity index is 1150. The second-order valence-corrected chi connectivity index (χ2v) is 21.1. The average Bonchev–Trinajstić information content (AvgIpc) is 3.36.